The van der Waals surface area contributed by atoms with Crippen LogP contribution in [0.15, 0.2) is 45.7 Å². The Bertz CT molecular complexity index is 1190. The van der Waals surface area contributed by atoms with Crippen LogP contribution in [0.5, 0.6) is 0 Å². The van der Waals surface area contributed by atoms with Gasteiger partial charge in [-0.05, 0) is 36.4 Å². The Morgan fingerprint density at radius 3 is 2.45 bits per heavy atom. The summed E-state index contributed by atoms with van der Waals surface area (Å²) < 4.78 is 31.5. The van der Waals surface area contributed by atoms with Crippen LogP contribution in [0.3, 0.4) is 0 Å². The number of benzene rings is 2. The number of rotatable bonds is 4. The lowest BCUT2D eigenvalue weighted by molar-refractivity contribution is 0.102. The van der Waals surface area contributed by atoms with Crippen molar-refractivity contribution in [3.8, 4) is 0 Å². The summed E-state index contributed by atoms with van der Waals surface area (Å²) in [6, 6.07) is 9.13. The zero-order chi connectivity index (χ0) is 21.6. The highest BCUT2D eigenvalue weighted by Gasteiger charge is 2.22. The summed E-state index contributed by atoms with van der Waals surface area (Å²) in [6.45, 7) is 5.99. The second-order valence-electron chi connectivity index (χ2n) is 7.83. The molecule has 9 heteroatoms. The van der Waals surface area contributed by atoms with E-state index >= 15 is 0 Å². The standard InChI is InChI=1S/C20H22ClN3O4S/c1-20(2,3)19-23-16-10-12(6-9-17(16)28-19)22-18(25)14-11-13(7-8-15(14)21)29(26,27)24(4)5/h6-11H,1-5H3,(H,22,25). The summed E-state index contributed by atoms with van der Waals surface area (Å²) in [5, 5.41) is 2.88. The SMILES string of the molecule is CN(C)S(=O)(=O)c1ccc(Cl)c(C(=O)Nc2ccc3oc(C(C)(C)C)nc3c2)c1. The molecule has 3 aromatic rings. The number of anilines is 1. The molecule has 0 radical (unpaired) electrons. The minimum absolute atomic E-state index is 0.0150. The summed E-state index contributed by atoms with van der Waals surface area (Å²) >= 11 is 6.14. The number of fused-ring (bicyclic) bond motifs is 1. The number of nitrogens with one attached hydrogen (secondary N) is 1. The lowest BCUT2D eigenvalue weighted by Crippen LogP contribution is -2.23. The van der Waals surface area contributed by atoms with Gasteiger partial charge in [0.2, 0.25) is 15.9 Å². The van der Waals surface area contributed by atoms with Gasteiger partial charge in [-0.15, -0.1) is 0 Å². The first kappa shape index (κ1) is 21.3. The summed E-state index contributed by atoms with van der Waals surface area (Å²) in [6.07, 6.45) is 0. The molecule has 0 aliphatic heterocycles. The van der Waals surface area contributed by atoms with Crippen LogP contribution < -0.4 is 5.32 Å². The smallest absolute Gasteiger partial charge is 0.257 e. The number of aromatic nitrogens is 1. The molecule has 154 valence electrons. The van der Waals surface area contributed by atoms with Crippen LogP contribution in [0.4, 0.5) is 5.69 Å². The van der Waals surface area contributed by atoms with Crippen molar-refractivity contribution in [2.45, 2.75) is 31.1 Å². The molecule has 29 heavy (non-hydrogen) atoms. The van der Waals surface area contributed by atoms with Gasteiger partial charge in [0.1, 0.15) is 5.52 Å². The molecule has 0 aliphatic rings. The lowest BCUT2D eigenvalue weighted by Gasteiger charge is -2.13. The molecule has 0 spiro atoms. The Morgan fingerprint density at radius 1 is 1.14 bits per heavy atom. The van der Waals surface area contributed by atoms with Crippen LogP contribution >= 0.6 is 11.6 Å². The molecular formula is C20H22ClN3O4S. The Labute approximate surface area is 174 Å². The van der Waals surface area contributed by atoms with Crippen molar-refractivity contribution in [2.24, 2.45) is 0 Å². The summed E-state index contributed by atoms with van der Waals surface area (Å²) in [4.78, 5) is 17.2. The number of hydrogen-bond donors (Lipinski definition) is 1. The molecule has 0 aliphatic carbocycles. The Morgan fingerprint density at radius 2 is 1.83 bits per heavy atom. The van der Waals surface area contributed by atoms with Gasteiger partial charge < -0.3 is 9.73 Å². The van der Waals surface area contributed by atoms with E-state index in [0.717, 1.165) is 4.31 Å². The van der Waals surface area contributed by atoms with Gasteiger partial charge in [0.05, 0.1) is 15.5 Å². The summed E-state index contributed by atoms with van der Waals surface area (Å²) in [7, 11) is -0.852. The number of carbonyl (C=O) groups excluding carboxylic acids is 1. The third-order valence-corrected chi connectivity index (χ3v) is 6.39. The minimum atomic E-state index is -3.69. The van der Waals surface area contributed by atoms with Crippen LogP contribution in [0.1, 0.15) is 37.0 Å². The maximum atomic E-state index is 12.7. The van der Waals surface area contributed by atoms with Crippen LogP contribution in [0.25, 0.3) is 11.1 Å². The third-order valence-electron chi connectivity index (χ3n) is 4.25. The van der Waals surface area contributed by atoms with Crippen molar-refractivity contribution in [1.82, 2.24) is 9.29 Å². The van der Waals surface area contributed by atoms with Crippen LogP contribution in [0, 0.1) is 0 Å². The normalized spacial score (nSPS) is 12.5. The van der Waals surface area contributed by atoms with Gasteiger partial charge in [-0.1, -0.05) is 32.4 Å². The van der Waals surface area contributed by atoms with Crippen molar-refractivity contribution >= 4 is 44.3 Å². The van der Waals surface area contributed by atoms with Gasteiger partial charge in [0.15, 0.2) is 5.58 Å². The van der Waals surface area contributed by atoms with E-state index in [9.17, 15) is 13.2 Å². The molecule has 1 aromatic heterocycles. The first-order valence-electron chi connectivity index (χ1n) is 8.84. The fourth-order valence-electron chi connectivity index (χ4n) is 2.57. The van der Waals surface area contributed by atoms with Gasteiger partial charge in [-0.25, -0.2) is 17.7 Å². The topological polar surface area (TPSA) is 92.5 Å². The molecule has 1 amide bonds. The molecular weight excluding hydrogens is 414 g/mol. The summed E-state index contributed by atoms with van der Waals surface area (Å²) in [5.74, 6) is 0.0744. The largest absolute Gasteiger partial charge is 0.440 e. The lowest BCUT2D eigenvalue weighted by atomic mass is 9.97. The van der Waals surface area contributed by atoms with Crippen LogP contribution in [-0.4, -0.2) is 37.7 Å². The van der Waals surface area contributed by atoms with Crippen molar-refractivity contribution in [2.75, 3.05) is 19.4 Å². The number of nitrogens with zero attached hydrogens (tertiary/aromatic N) is 2. The highest BCUT2D eigenvalue weighted by molar-refractivity contribution is 7.89. The fraction of sp³-hybridized carbons (Fsp3) is 0.300. The maximum Gasteiger partial charge on any atom is 0.257 e. The van der Waals surface area contributed by atoms with Crippen LogP contribution in [0.2, 0.25) is 5.02 Å². The van der Waals surface area contributed by atoms with Crippen molar-refractivity contribution in [3.63, 3.8) is 0 Å². The number of carbonyl (C=O) groups is 1. The predicted molar refractivity (Wildman–Crippen MR) is 113 cm³/mol. The molecule has 1 heterocycles. The van der Waals surface area contributed by atoms with E-state index in [2.05, 4.69) is 10.3 Å². The molecule has 0 unspecified atom stereocenters. The number of amides is 1. The Hall–Kier alpha value is -2.42. The van der Waals surface area contributed by atoms with Crippen molar-refractivity contribution < 1.29 is 17.6 Å². The highest BCUT2D eigenvalue weighted by Crippen LogP contribution is 2.28. The van der Waals surface area contributed by atoms with Gasteiger partial charge in [0.25, 0.3) is 5.91 Å². The Kier molecular flexibility index (Phi) is 5.46. The molecule has 3 rings (SSSR count). The number of oxazole rings is 1. The zero-order valence-corrected chi connectivity index (χ0v) is 18.4. The third kappa shape index (κ3) is 4.29. The first-order chi connectivity index (χ1) is 13.4. The molecule has 0 fully saturated rings. The van der Waals surface area contributed by atoms with E-state index in [4.69, 9.17) is 16.0 Å². The fourth-order valence-corrected chi connectivity index (χ4v) is 3.71. The van der Waals surface area contributed by atoms with E-state index in [1.807, 2.05) is 20.8 Å². The van der Waals surface area contributed by atoms with E-state index in [1.165, 1.54) is 32.3 Å². The minimum Gasteiger partial charge on any atom is -0.440 e. The highest BCUT2D eigenvalue weighted by atomic mass is 35.5. The van der Waals surface area contributed by atoms with Crippen molar-refractivity contribution in [3.05, 3.63) is 52.9 Å². The van der Waals surface area contributed by atoms with Crippen molar-refractivity contribution in [1.29, 1.82) is 0 Å². The average molecular weight is 436 g/mol. The zero-order valence-electron chi connectivity index (χ0n) is 16.8. The number of sulfonamides is 1. The molecule has 7 nitrogen and oxygen atoms in total. The van der Waals surface area contributed by atoms with E-state index in [1.54, 1.807) is 18.2 Å². The molecule has 0 saturated carbocycles. The van der Waals surface area contributed by atoms with Gasteiger partial charge >= 0.3 is 0 Å². The second kappa shape index (κ2) is 7.44. The average Bonchev–Trinajstić information content (AvgIpc) is 3.05. The van der Waals surface area contributed by atoms with Crippen LogP contribution in [-0.2, 0) is 15.4 Å². The number of hydrogen-bond acceptors (Lipinski definition) is 5. The molecule has 0 saturated heterocycles. The van der Waals surface area contributed by atoms with E-state index in [-0.39, 0.29) is 20.9 Å². The van der Waals surface area contributed by atoms with Gasteiger partial charge in [0, 0.05) is 25.2 Å². The first-order valence-corrected chi connectivity index (χ1v) is 10.7. The van der Waals surface area contributed by atoms with Gasteiger partial charge in [-0.2, -0.15) is 0 Å². The molecule has 1 N–H and O–H groups in total. The second-order valence-corrected chi connectivity index (χ2v) is 10.4. The monoisotopic (exact) mass is 435 g/mol. The Balaban J connectivity index is 1.92. The number of halogens is 1. The molecule has 0 bridgehead atoms. The van der Waals surface area contributed by atoms with E-state index < -0.39 is 15.9 Å². The molecule has 2 aromatic carbocycles. The maximum absolute atomic E-state index is 12.7. The predicted octanol–water partition coefficient (Wildman–Crippen LogP) is 4.28. The quantitative estimate of drug-likeness (QED) is 0.660. The van der Waals surface area contributed by atoms with Gasteiger partial charge in [-0.3, -0.25) is 4.79 Å². The summed E-state index contributed by atoms with van der Waals surface area (Å²) in [5.41, 5.74) is 1.54. The molecule has 0 atom stereocenters. The van der Waals surface area contributed by atoms with E-state index in [0.29, 0.717) is 22.7 Å².